The van der Waals surface area contributed by atoms with Gasteiger partial charge in [-0.3, -0.25) is 0 Å². The first-order valence-corrected chi connectivity index (χ1v) is 5.14. The van der Waals surface area contributed by atoms with Crippen molar-refractivity contribution >= 4 is 6.29 Å². The van der Waals surface area contributed by atoms with Gasteiger partial charge in [-0.15, -0.1) is 0 Å². The molecule has 2 heteroatoms. The number of hydrogen-bond donors (Lipinski definition) is 0. The van der Waals surface area contributed by atoms with Crippen LogP contribution in [0.2, 0.25) is 0 Å². The van der Waals surface area contributed by atoms with Crippen LogP contribution in [0.25, 0.3) is 0 Å². The van der Waals surface area contributed by atoms with Crippen molar-refractivity contribution in [2.45, 2.75) is 19.4 Å². The van der Waals surface area contributed by atoms with Crippen LogP contribution in [0.15, 0.2) is 42.5 Å². The Morgan fingerprint density at radius 2 is 1.87 bits per heavy atom. The molecule has 2 nitrogen and oxygen atoms in total. The van der Waals surface area contributed by atoms with Gasteiger partial charge < -0.3 is 9.53 Å². The third-order valence-corrected chi connectivity index (χ3v) is 1.94. The number of rotatable bonds is 7. The van der Waals surface area contributed by atoms with Crippen molar-refractivity contribution in [1.29, 1.82) is 0 Å². The smallest absolute Gasteiger partial charge is 0.120 e. The summed E-state index contributed by atoms with van der Waals surface area (Å²) in [4.78, 5) is 10.0. The van der Waals surface area contributed by atoms with Gasteiger partial charge >= 0.3 is 0 Å². The maximum atomic E-state index is 10.0. The van der Waals surface area contributed by atoms with Crippen molar-refractivity contribution in [3.8, 4) is 0 Å². The number of carbonyl (C=O) groups excluding carboxylic acids is 1. The van der Waals surface area contributed by atoms with E-state index in [1.807, 2.05) is 42.5 Å². The summed E-state index contributed by atoms with van der Waals surface area (Å²) >= 11 is 0. The predicted molar refractivity (Wildman–Crippen MR) is 60.5 cm³/mol. The van der Waals surface area contributed by atoms with E-state index in [1.165, 1.54) is 5.56 Å². The second kappa shape index (κ2) is 7.94. The summed E-state index contributed by atoms with van der Waals surface area (Å²) < 4.78 is 5.42. The standard InChI is InChI=1S/C13H16O2/c14-10-6-1-2-7-11-15-12-13-8-4-3-5-9-13/h2-5,7-10H,1,6,11-12H2. The Kier molecular flexibility index (Phi) is 6.18. The molecule has 80 valence electrons. The lowest BCUT2D eigenvalue weighted by molar-refractivity contribution is -0.107. The van der Waals surface area contributed by atoms with E-state index in [-0.39, 0.29) is 0 Å². The van der Waals surface area contributed by atoms with Crippen LogP contribution in [0.3, 0.4) is 0 Å². The summed E-state index contributed by atoms with van der Waals surface area (Å²) in [5.74, 6) is 0. The van der Waals surface area contributed by atoms with E-state index in [4.69, 9.17) is 4.74 Å². The molecule has 0 spiro atoms. The van der Waals surface area contributed by atoms with Gasteiger partial charge in [-0.05, 0) is 12.0 Å². The van der Waals surface area contributed by atoms with Gasteiger partial charge in [0.05, 0.1) is 13.2 Å². The van der Waals surface area contributed by atoms with Crippen LogP contribution in [-0.2, 0) is 16.1 Å². The average Bonchev–Trinajstić information content (AvgIpc) is 2.29. The minimum absolute atomic E-state index is 0.592. The number of unbranched alkanes of at least 4 members (excludes halogenated alkanes) is 1. The van der Waals surface area contributed by atoms with Crippen LogP contribution in [0.4, 0.5) is 0 Å². The average molecular weight is 204 g/mol. The van der Waals surface area contributed by atoms with Gasteiger partial charge in [0.1, 0.15) is 6.29 Å². The molecule has 0 heterocycles. The minimum atomic E-state index is 0.592. The maximum Gasteiger partial charge on any atom is 0.120 e. The highest BCUT2D eigenvalue weighted by molar-refractivity contribution is 5.49. The molecule has 0 unspecified atom stereocenters. The van der Waals surface area contributed by atoms with Crippen molar-refractivity contribution in [3.05, 3.63) is 48.0 Å². The largest absolute Gasteiger partial charge is 0.373 e. The molecule has 0 saturated carbocycles. The predicted octanol–water partition coefficient (Wildman–Crippen LogP) is 2.74. The fourth-order valence-electron chi connectivity index (χ4n) is 1.17. The molecule has 1 rings (SSSR count). The van der Waals surface area contributed by atoms with Crippen LogP contribution < -0.4 is 0 Å². The Bertz CT molecular complexity index is 291. The lowest BCUT2D eigenvalue weighted by Gasteiger charge is -2.00. The van der Waals surface area contributed by atoms with Gasteiger partial charge in [-0.2, -0.15) is 0 Å². The van der Waals surface area contributed by atoms with E-state index in [0.717, 1.165) is 12.7 Å². The number of aldehydes is 1. The molecular weight excluding hydrogens is 188 g/mol. The Morgan fingerprint density at radius 1 is 1.07 bits per heavy atom. The molecule has 1 aromatic carbocycles. The van der Waals surface area contributed by atoms with Gasteiger partial charge in [-0.1, -0.05) is 42.5 Å². The topological polar surface area (TPSA) is 26.3 Å². The van der Waals surface area contributed by atoms with Gasteiger partial charge in [0.25, 0.3) is 0 Å². The fourth-order valence-corrected chi connectivity index (χ4v) is 1.17. The van der Waals surface area contributed by atoms with Gasteiger partial charge in [0, 0.05) is 6.42 Å². The molecule has 0 radical (unpaired) electrons. The Labute approximate surface area is 90.6 Å². The number of benzene rings is 1. The molecule has 0 bridgehead atoms. The number of allylic oxidation sites excluding steroid dienone is 1. The first-order valence-electron chi connectivity index (χ1n) is 5.14. The molecule has 1 aromatic rings. The highest BCUT2D eigenvalue weighted by Crippen LogP contribution is 2.00. The van der Waals surface area contributed by atoms with Gasteiger partial charge in [0.15, 0.2) is 0 Å². The molecule has 0 atom stereocenters. The molecule has 15 heavy (non-hydrogen) atoms. The Hall–Kier alpha value is -1.41. The second-order valence-corrected chi connectivity index (χ2v) is 3.22. The summed E-state index contributed by atoms with van der Waals surface area (Å²) in [6.45, 7) is 1.24. The molecule has 0 amide bonds. The van der Waals surface area contributed by atoms with Crippen LogP contribution in [0, 0.1) is 0 Å². The summed E-state index contributed by atoms with van der Waals surface area (Å²) in [6, 6.07) is 10.1. The normalized spacial score (nSPS) is 10.7. The quantitative estimate of drug-likeness (QED) is 0.388. The van der Waals surface area contributed by atoms with Crippen LogP contribution in [-0.4, -0.2) is 12.9 Å². The zero-order valence-corrected chi connectivity index (χ0v) is 8.76. The first-order chi connectivity index (χ1) is 7.43. The van der Waals surface area contributed by atoms with Gasteiger partial charge in [0.2, 0.25) is 0 Å². The molecule has 0 aliphatic carbocycles. The first kappa shape index (κ1) is 11.7. The highest BCUT2D eigenvalue weighted by Gasteiger charge is 1.88. The Morgan fingerprint density at radius 3 is 2.60 bits per heavy atom. The number of hydrogen-bond acceptors (Lipinski definition) is 2. The van der Waals surface area contributed by atoms with Crippen molar-refractivity contribution in [1.82, 2.24) is 0 Å². The van der Waals surface area contributed by atoms with Crippen molar-refractivity contribution < 1.29 is 9.53 Å². The SMILES string of the molecule is O=CCCC=CCOCc1ccccc1. The summed E-state index contributed by atoms with van der Waals surface area (Å²) in [5, 5.41) is 0. The summed E-state index contributed by atoms with van der Waals surface area (Å²) in [6.07, 6.45) is 6.24. The van der Waals surface area contributed by atoms with Crippen molar-refractivity contribution in [2.24, 2.45) is 0 Å². The molecular formula is C13H16O2. The van der Waals surface area contributed by atoms with Gasteiger partial charge in [-0.25, -0.2) is 0 Å². The van der Waals surface area contributed by atoms with Crippen LogP contribution in [0.5, 0.6) is 0 Å². The lowest BCUT2D eigenvalue weighted by atomic mass is 10.2. The molecule has 0 fully saturated rings. The van der Waals surface area contributed by atoms with E-state index in [2.05, 4.69) is 0 Å². The van der Waals surface area contributed by atoms with Crippen molar-refractivity contribution in [3.63, 3.8) is 0 Å². The van der Waals surface area contributed by atoms with Crippen LogP contribution in [0.1, 0.15) is 18.4 Å². The van der Waals surface area contributed by atoms with Crippen molar-refractivity contribution in [2.75, 3.05) is 6.61 Å². The third-order valence-electron chi connectivity index (χ3n) is 1.94. The monoisotopic (exact) mass is 204 g/mol. The number of carbonyl (C=O) groups is 1. The molecule has 0 aromatic heterocycles. The zero-order chi connectivity index (χ0) is 10.8. The molecule has 0 aliphatic rings. The molecule has 0 N–H and O–H groups in total. The van der Waals surface area contributed by atoms with E-state index in [1.54, 1.807) is 0 Å². The van der Waals surface area contributed by atoms with E-state index in [0.29, 0.717) is 19.6 Å². The Balaban J connectivity index is 2.07. The lowest BCUT2D eigenvalue weighted by Crippen LogP contribution is -1.92. The number of ether oxygens (including phenoxy) is 1. The summed E-state index contributed by atoms with van der Waals surface area (Å²) in [5.41, 5.74) is 1.18. The van der Waals surface area contributed by atoms with E-state index < -0.39 is 0 Å². The van der Waals surface area contributed by atoms with E-state index >= 15 is 0 Å². The maximum absolute atomic E-state index is 10.0. The summed E-state index contributed by atoms with van der Waals surface area (Å²) in [7, 11) is 0. The molecule has 0 aliphatic heterocycles. The second-order valence-electron chi connectivity index (χ2n) is 3.22. The van der Waals surface area contributed by atoms with Crippen LogP contribution >= 0.6 is 0 Å². The fraction of sp³-hybridized carbons (Fsp3) is 0.308. The minimum Gasteiger partial charge on any atom is -0.373 e. The highest BCUT2D eigenvalue weighted by atomic mass is 16.5. The van der Waals surface area contributed by atoms with E-state index in [9.17, 15) is 4.79 Å². The zero-order valence-electron chi connectivity index (χ0n) is 8.76. The molecule has 0 saturated heterocycles. The third kappa shape index (κ3) is 5.81.